The summed E-state index contributed by atoms with van der Waals surface area (Å²) in [4.78, 5) is 15.8. The lowest BCUT2D eigenvalue weighted by atomic mass is 9.68. The average molecular weight is 233 g/mol. The van der Waals surface area contributed by atoms with Crippen LogP contribution in [0.25, 0.3) is 0 Å². The number of carbonyl (C=O) groups excluding carboxylic acids is 1. The van der Waals surface area contributed by atoms with Crippen molar-refractivity contribution in [1.82, 2.24) is 4.98 Å². The summed E-state index contributed by atoms with van der Waals surface area (Å²) in [6.07, 6.45) is 4.91. The average Bonchev–Trinajstić information content (AvgIpc) is 2.33. The third kappa shape index (κ3) is 2.39. The molecule has 1 aromatic heterocycles. The van der Waals surface area contributed by atoms with Gasteiger partial charge in [0.2, 0.25) is 0 Å². The van der Waals surface area contributed by atoms with Gasteiger partial charge < -0.3 is 5.11 Å². The molecule has 0 radical (unpaired) electrons. The van der Waals surface area contributed by atoms with Crippen molar-refractivity contribution >= 4 is 5.78 Å². The maximum absolute atomic E-state index is 11.8. The predicted molar refractivity (Wildman–Crippen MR) is 65.6 cm³/mol. The molecule has 92 valence electrons. The first-order valence-electron chi connectivity index (χ1n) is 6.19. The van der Waals surface area contributed by atoms with Crippen LogP contribution in [0, 0.1) is 11.8 Å². The van der Waals surface area contributed by atoms with E-state index in [0.29, 0.717) is 0 Å². The van der Waals surface area contributed by atoms with E-state index in [-0.39, 0.29) is 23.5 Å². The zero-order chi connectivity index (χ0) is 12.4. The SMILES string of the molecule is CC(=O)C1C(c2ccncc2)CCC(C)C1O. The fourth-order valence-electron chi connectivity index (χ4n) is 2.89. The molecule has 0 bridgehead atoms. The van der Waals surface area contributed by atoms with Crippen molar-refractivity contribution in [1.29, 1.82) is 0 Å². The van der Waals surface area contributed by atoms with E-state index in [1.807, 2.05) is 19.1 Å². The van der Waals surface area contributed by atoms with Crippen molar-refractivity contribution in [2.45, 2.75) is 38.7 Å². The Hall–Kier alpha value is -1.22. The van der Waals surface area contributed by atoms with Crippen molar-refractivity contribution in [2.24, 2.45) is 11.8 Å². The molecule has 4 unspecified atom stereocenters. The quantitative estimate of drug-likeness (QED) is 0.851. The lowest BCUT2D eigenvalue weighted by Crippen LogP contribution is -2.40. The molecule has 1 saturated carbocycles. The van der Waals surface area contributed by atoms with Crippen LogP contribution in [0.1, 0.15) is 38.2 Å². The molecule has 0 aromatic carbocycles. The number of hydrogen-bond acceptors (Lipinski definition) is 3. The Morgan fingerprint density at radius 3 is 2.59 bits per heavy atom. The van der Waals surface area contributed by atoms with Crippen molar-refractivity contribution < 1.29 is 9.90 Å². The molecular weight excluding hydrogens is 214 g/mol. The molecule has 1 aliphatic carbocycles. The van der Waals surface area contributed by atoms with Crippen LogP contribution in [0.4, 0.5) is 0 Å². The number of hydrogen-bond donors (Lipinski definition) is 1. The largest absolute Gasteiger partial charge is 0.392 e. The Labute approximate surface area is 102 Å². The van der Waals surface area contributed by atoms with Gasteiger partial charge in [0, 0.05) is 12.4 Å². The highest BCUT2D eigenvalue weighted by atomic mass is 16.3. The van der Waals surface area contributed by atoms with Crippen LogP contribution in [0.2, 0.25) is 0 Å². The summed E-state index contributed by atoms with van der Waals surface area (Å²) >= 11 is 0. The van der Waals surface area contributed by atoms with Crippen molar-refractivity contribution in [3.05, 3.63) is 30.1 Å². The molecule has 2 rings (SSSR count). The molecule has 1 fully saturated rings. The molecule has 3 heteroatoms. The van der Waals surface area contributed by atoms with Gasteiger partial charge in [0.1, 0.15) is 5.78 Å². The van der Waals surface area contributed by atoms with Crippen LogP contribution in [-0.2, 0) is 4.79 Å². The Morgan fingerprint density at radius 2 is 2.00 bits per heavy atom. The minimum absolute atomic E-state index is 0.0888. The first-order valence-corrected chi connectivity index (χ1v) is 6.19. The normalized spacial score (nSPS) is 33.4. The van der Waals surface area contributed by atoms with Crippen LogP contribution in [0.3, 0.4) is 0 Å². The maximum Gasteiger partial charge on any atom is 0.136 e. The zero-order valence-corrected chi connectivity index (χ0v) is 10.3. The van der Waals surface area contributed by atoms with Gasteiger partial charge in [0.25, 0.3) is 0 Å². The highest BCUT2D eigenvalue weighted by Crippen LogP contribution is 2.40. The highest BCUT2D eigenvalue weighted by Gasteiger charge is 2.39. The molecule has 1 aromatic rings. The minimum Gasteiger partial charge on any atom is -0.392 e. The van der Waals surface area contributed by atoms with E-state index in [4.69, 9.17) is 0 Å². The molecular formula is C14H19NO2. The van der Waals surface area contributed by atoms with Gasteiger partial charge >= 0.3 is 0 Å². The Bertz CT molecular complexity index is 390. The highest BCUT2D eigenvalue weighted by molar-refractivity contribution is 5.80. The van der Waals surface area contributed by atoms with Crippen molar-refractivity contribution in [2.75, 3.05) is 0 Å². The van der Waals surface area contributed by atoms with Gasteiger partial charge in [0.15, 0.2) is 0 Å². The van der Waals surface area contributed by atoms with Crippen molar-refractivity contribution in [3.63, 3.8) is 0 Å². The van der Waals surface area contributed by atoms with Gasteiger partial charge in [-0.1, -0.05) is 6.92 Å². The Morgan fingerprint density at radius 1 is 1.35 bits per heavy atom. The molecule has 0 spiro atoms. The number of nitrogens with zero attached hydrogens (tertiary/aromatic N) is 1. The molecule has 0 amide bonds. The molecule has 0 aliphatic heterocycles. The van der Waals surface area contributed by atoms with Gasteiger partial charge in [-0.25, -0.2) is 0 Å². The first-order chi connectivity index (χ1) is 8.11. The van der Waals surface area contributed by atoms with E-state index in [2.05, 4.69) is 4.98 Å². The standard InChI is InChI=1S/C14H19NO2/c1-9-3-4-12(11-5-7-15-8-6-11)13(10(2)16)14(9)17/h5-9,12-14,17H,3-4H2,1-2H3. The van der Waals surface area contributed by atoms with Crippen LogP contribution in [-0.4, -0.2) is 22.0 Å². The third-order valence-electron chi connectivity index (χ3n) is 3.92. The molecule has 4 atom stereocenters. The fraction of sp³-hybridized carbons (Fsp3) is 0.571. The minimum atomic E-state index is -0.514. The molecule has 1 aliphatic rings. The smallest absolute Gasteiger partial charge is 0.136 e. The van der Waals surface area contributed by atoms with Crippen LogP contribution in [0.5, 0.6) is 0 Å². The lowest BCUT2D eigenvalue weighted by Gasteiger charge is -2.38. The third-order valence-corrected chi connectivity index (χ3v) is 3.92. The van der Waals surface area contributed by atoms with E-state index in [1.54, 1.807) is 19.3 Å². The summed E-state index contributed by atoms with van der Waals surface area (Å²) in [6.45, 7) is 3.60. The predicted octanol–water partition coefficient (Wildman–Crippen LogP) is 2.16. The molecule has 1 N–H and O–H groups in total. The number of rotatable bonds is 2. The number of Topliss-reactive ketones (excluding diaryl/α,β-unsaturated/α-hetero) is 1. The number of aliphatic hydroxyl groups is 1. The van der Waals surface area contributed by atoms with E-state index in [0.717, 1.165) is 18.4 Å². The van der Waals surface area contributed by atoms with Gasteiger partial charge in [-0.3, -0.25) is 9.78 Å². The molecule has 3 nitrogen and oxygen atoms in total. The summed E-state index contributed by atoms with van der Waals surface area (Å²) in [5, 5.41) is 10.2. The summed E-state index contributed by atoms with van der Waals surface area (Å²) in [6, 6.07) is 3.90. The monoisotopic (exact) mass is 233 g/mol. The first kappa shape index (κ1) is 12.2. The zero-order valence-electron chi connectivity index (χ0n) is 10.3. The fourth-order valence-corrected chi connectivity index (χ4v) is 2.89. The Kier molecular flexibility index (Phi) is 3.57. The topological polar surface area (TPSA) is 50.2 Å². The van der Waals surface area contributed by atoms with Crippen LogP contribution in [0.15, 0.2) is 24.5 Å². The second kappa shape index (κ2) is 4.96. The van der Waals surface area contributed by atoms with E-state index in [9.17, 15) is 9.90 Å². The van der Waals surface area contributed by atoms with Gasteiger partial charge in [-0.15, -0.1) is 0 Å². The van der Waals surface area contributed by atoms with E-state index >= 15 is 0 Å². The summed E-state index contributed by atoms with van der Waals surface area (Å²) in [5.74, 6) is 0.177. The van der Waals surface area contributed by atoms with Crippen LogP contribution >= 0.6 is 0 Å². The van der Waals surface area contributed by atoms with Crippen LogP contribution < -0.4 is 0 Å². The van der Waals surface area contributed by atoms with Crippen molar-refractivity contribution in [3.8, 4) is 0 Å². The number of carbonyl (C=O) groups is 1. The molecule has 1 heterocycles. The summed E-state index contributed by atoms with van der Waals surface area (Å²) < 4.78 is 0. The van der Waals surface area contributed by atoms with Gasteiger partial charge in [-0.05, 0) is 49.3 Å². The molecule has 17 heavy (non-hydrogen) atoms. The second-order valence-electron chi connectivity index (χ2n) is 5.07. The van der Waals surface area contributed by atoms with E-state index in [1.165, 1.54) is 0 Å². The number of pyridine rings is 1. The second-order valence-corrected chi connectivity index (χ2v) is 5.07. The number of ketones is 1. The number of aromatic nitrogens is 1. The summed E-state index contributed by atoms with van der Waals surface area (Å²) in [5.41, 5.74) is 1.12. The maximum atomic E-state index is 11.8. The van der Waals surface area contributed by atoms with Gasteiger partial charge in [0.05, 0.1) is 12.0 Å². The summed E-state index contributed by atoms with van der Waals surface area (Å²) in [7, 11) is 0. The van der Waals surface area contributed by atoms with E-state index < -0.39 is 6.10 Å². The molecule has 0 saturated heterocycles. The van der Waals surface area contributed by atoms with Gasteiger partial charge in [-0.2, -0.15) is 0 Å². The Balaban J connectivity index is 2.29. The lowest BCUT2D eigenvalue weighted by molar-refractivity contribution is -0.128. The number of aliphatic hydroxyl groups excluding tert-OH is 1.